The molecule has 1 aromatic carbocycles. The van der Waals surface area contributed by atoms with E-state index in [9.17, 15) is 4.79 Å². The minimum absolute atomic E-state index is 0.475. The van der Waals surface area contributed by atoms with Crippen LogP contribution < -0.4 is 10.5 Å². The molecule has 0 saturated heterocycles. The lowest BCUT2D eigenvalue weighted by molar-refractivity contribution is -0.113. The molecule has 0 unspecified atom stereocenters. The van der Waals surface area contributed by atoms with E-state index in [4.69, 9.17) is 10.5 Å². The van der Waals surface area contributed by atoms with E-state index < -0.39 is 5.91 Å². The molecule has 4 aromatic rings. The highest BCUT2D eigenvalue weighted by Gasteiger charge is 2.12. The van der Waals surface area contributed by atoms with Crippen LogP contribution in [-0.2, 0) is 4.79 Å². The Morgan fingerprint density at radius 2 is 2.03 bits per heavy atom. The van der Waals surface area contributed by atoms with Gasteiger partial charge in [0.15, 0.2) is 0 Å². The van der Waals surface area contributed by atoms with Gasteiger partial charge in [-0.3, -0.25) is 4.79 Å². The Kier molecular flexibility index (Phi) is 4.83. The van der Waals surface area contributed by atoms with Crippen LogP contribution in [0.1, 0.15) is 11.1 Å². The van der Waals surface area contributed by atoms with Crippen LogP contribution in [0.5, 0.6) is 5.88 Å². The van der Waals surface area contributed by atoms with Gasteiger partial charge < -0.3 is 15.5 Å². The first-order chi connectivity index (χ1) is 14.0. The van der Waals surface area contributed by atoms with Crippen LogP contribution in [0.25, 0.3) is 39.5 Å². The number of pyridine rings is 2. The van der Waals surface area contributed by atoms with Crippen LogP contribution in [0, 0.1) is 6.92 Å². The van der Waals surface area contributed by atoms with Crippen LogP contribution in [0.2, 0.25) is 0 Å². The minimum atomic E-state index is -0.475. The molecule has 0 aliphatic carbocycles. The third-order valence-electron chi connectivity index (χ3n) is 4.62. The molecule has 3 heterocycles. The molecule has 0 aliphatic heterocycles. The van der Waals surface area contributed by atoms with E-state index in [1.54, 1.807) is 13.2 Å². The van der Waals surface area contributed by atoms with Crippen LogP contribution in [0.4, 0.5) is 0 Å². The number of amides is 1. The molecular formula is C23H20N4O2. The molecule has 3 N–H and O–H groups in total. The number of aryl methyl sites for hydroxylation is 1. The van der Waals surface area contributed by atoms with Gasteiger partial charge in [-0.1, -0.05) is 18.2 Å². The number of hydrogen-bond acceptors (Lipinski definition) is 4. The highest BCUT2D eigenvalue weighted by Crippen LogP contribution is 2.31. The second-order valence-corrected chi connectivity index (χ2v) is 6.76. The molecule has 0 saturated carbocycles. The number of nitrogens with zero attached hydrogens (tertiary/aromatic N) is 2. The number of nitrogens with one attached hydrogen (secondary N) is 1. The quantitative estimate of drug-likeness (QED) is 0.506. The maximum Gasteiger partial charge on any atom is 0.241 e. The first-order valence-corrected chi connectivity index (χ1v) is 9.11. The molecule has 6 nitrogen and oxygen atoms in total. The fourth-order valence-electron chi connectivity index (χ4n) is 3.25. The summed E-state index contributed by atoms with van der Waals surface area (Å²) < 4.78 is 5.32. The van der Waals surface area contributed by atoms with Crippen molar-refractivity contribution in [2.45, 2.75) is 6.92 Å². The summed E-state index contributed by atoms with van der Waals surface area (Å²) in [6.07, 6.45) is 6.78. The zero-order valence-electron chi connectivity index (χ0n) is 16.1. The van der Waals surface area contributed by atoms with E-state index in [1.165, 1.54) is 6.08 Å². The van der Waals surface area contributed by atoms with Crippen molar-refractivity contribution in [3.05, 3.63) is 72.1 Å². The second-order valence-electron chi connectivity index (χ2n) is 6.76. The zero-order chi connectivity index (χ0) is 20.4. The first-order valence-electron chi connectivity index (χ1n) is 9.11. The number of carbonyl (C=O) groups excluding carboxylic acids is 1. The standard InChI is InChI=1S/C23H20N4O2/c1-14-8-20(27-22(9-14)29-2)19-13-26-23-18(19)11-17(12-25-23)16-5-3-4-15(10-16)6-7-21(24)28/h3-13H,1-2H3,(H2,24,28)(H,25,26). The molecule has 1 amide bonds. The molecule has 3 aromatic heterocycles. The van der Waals surface area contributed by atoms with Crippen LogP contribution in [-0.4, -0.2) is 28.0 Å². The number of benzene rings is 1. The van der Waals surface area contributed by atoms with Crippen molar-refractivity contribution in [3.63, 3.8) is 0 Å². The van der Waals surface area contributed by atoms with Crippen molar-refractivity contribution in [2.24, 2.45) is 5.73 Å². The minimum Gasteiger partial charge on any atom is -0.481 e. The lowest BCUT2D eigenvalue weighted by Gasteiger charge is -2.06. The Balaban J connectivity index is 1.79. The summed E-state index contributed by atoms with van der Waals surface area (Å²) >= 11 is 0. The SMILES string of the molecule is COc1cc(C)cc(-c2c[nH]c3ncc(-c4cccc(C=CC(N)=O)c4)cc23)n1. The van der Waals surface area contributed by atoms with E-state index >= 15 is 0 Å². The average Bonchev–Trinajstić information content (AvgIpc) is 3.15. The molecule has 0 aliphatic rings. The number of hydrogen-bond donors (Lipinski definition) is 2. The lowest BCUT2D eigenvalue weighted by Crippen LogP contribution is -2.05. The second kappa shape index (κ2) is 7.59. The number of aromatic amines is 1. The zero-order valence-corrected chi connectivity index (χ0v) is 16.1. The summed E-state index contributed by atoms with van der Waals surface area (Å²) in [5, 5.41) is 0.973. The van der Waals surface area contributed by atoms with E-state index in [2.05, 4.69) is 21.0 Å². The van der Waals surface area contributed by atoms with Crippen molar-refractivity contribution >= 4 is 23.0 Å². The van der Waals surface area contributed by atoms with Gasteiger partial charge in [0.2, 0.25) is 11.8 Å². The van der Waals surface area contributed by atoms with Crippen LogP contribution in [0.3, 0.4) is 0 Å². The molecule has 0 radical (unpaired) electrons. The normalized spacial score (nSPS) is 11.2. The fraction of sp³-hybridized carbons (Fsp3) is 0.0870. The van der Waals surface area contributed by atoms with Gasteiger partial charge in [0.1, 0.15) is 5.65 Å². The topological polar surface area (TPSA) is 93.9 Å². The summed E-state index contributed by atoms with van der Waals surface area (Å²) in [6, 6.07) is 13.8. The van der Waals surface area contributed by atoms with Crippen molar-refractivity contribution in [2.75, 3.05) is 7.11 Å². The first kappa shape index (κ1) is 18.4. The van der Waals surface area contributed by atoms with Gasteiger partial charge in [-0.15, -0.1) is 0 Å². The van der Waals surface area contributed by atoms with Gasteiger partial charge in [0, 0.05) is 41.0 Å². The molecule has 144 valence electrons. The largest absolute Gasteiger partial charge is 0.481 e. The van der Waals surface area contributed by atoms with Gasteiger partial charge in [0.25, 0.3) is 0 Å². The number of methoxy groups -OCH3 is 1. The number of rotatable bonds is 5. The summed E-state index contributed by atoms with van der Waals surface area (Å²) in [7, 11) is 1.61. The number of carbonyl (C=O) groups is 1. The highest BCUT2D eigenvalue weighted by molar-refractivity contribution is 5.95. The molecule has 0 spiro atoms. The Morgan fingerprint density at radius 3 is 2.83 bits per heavy atom. The fourth-order valence-corrected chi connectivity index (χ4v) is 3.25. The Hall–Kier alpha value is -3.93. The summed E-state index contributed by atoms with van der Waals surface area (Å²) in [5.74, 6) is 0.101. The molecule has 0 bridgehead atoms. The van der Waals surface area contributed by atoms with Gasteiger partial charge in [0.05, 0.1) is 12.8 Å². The number of nitrogens with two attached hydrogens (primary N) is 1. The Labute approximate surface area is 168 Å². The van der Waals surface area contributed by atoms with Crippen LogP contribution >= 0.6 is 0 Å². The smallest absolute Gasteiger partial charge is 0.241 e. The third kappa shape index (κ3) is 3.87. The van der Waals surface area contributed by atoms with Gasteiger partial charge in [-0.05, 0) is 47.9 Å². The molecule has 29 heavy (non-hydrogen) atoms. The monoisotopic (exact) mass is 384 g/mol. The summed E-state index contributed by atoms with van der Waals surface area (Å²) in [4.78, 5) is 23.4. The van der Waals surface area contributed by atoms with Crippen LogP contribution in [0.15, 0.2) is 60.9 Å². The summed E-state index contributed by atoms with van der Waals surface area (Å²) in [6.45, 7) is 2.01. The van der Waals surface area contributed by atoms with Gasteiger partial charge in [-0.25, -0.2) is 9.97 Å². The van der Waals surface area contributed by atoms with Crippen molar-refractivity contribution < 1.29 is 9.53 Å². The summed E-state index contributed by atoms with van der Waals surface area (Å²) in [5.41, 5.74) is 11.7. The molecule has 0 atom stereocenters. The maximum absolute atomic E-state index is 11.0. The number of aromatic nitrogens is 3. The Bertz CT molecular complexity index is 1240. The van der Waals surface area contributed by atoms with E-state index in [-0.39, 0.29) is 0 Å². The maximum atomic E-state index is 11.0. The lowest BCUT2D eigenvalue weighted by atomic mass is 10.0. The van der Waals surface area contributed by atoms with Gasteiger partial charge >= 0.3 is 0 Å². The molecule has 6 heteroatoms. The van der Waals surface area contributed by atoms with E-state index in [0.29, 0.717) is 5.88 Å². The predicted molar refractivity (Wildman–Crippen MR) is 114 cm³/mol. The number of ether oxygens (including phenoxy) is 1. The van der Waals surface area contributed by atoms with E-state index in [1.807, 2.05) is 55.7 Å². The molecular weight excluding hydrogens is 364 g/mol. The number of primary amides is 1. The van der Waals surface area contributed by atoms with Gasteiger partial charge in [-0.2, -0.15) is 0 Å². The van der Waals surface area contributed by atoms with E-state index in [0.717, 1.165) is 44.5 Å². The number of fused-ring (bicyclic) bond motifs is 1. The highest BCUT2D eigenvalue weighted by atomic mass is 16.5. The van der Waals surface area contributed by atoms with Crippen molar-refractivity contribution in [1.29, 1.82) is 0 Å². The average molecular weight is 384 g/mol. The third-order valence-corrected chi connectivity index (χ3v) is 4.62. The predicted octanol–water partition coefficient (Wildman–Crippen LogP) is 4.11. The van der Waals surface area contributed by atoms with Crippen molar-refractivity contribution in [3.8, 4) is 28.3 Å². The molecule has 0 fully saturated rings. The number of H-pyrrole nitrogens is 1. The Morgan fingerprint density at radius 1 is 1.17 bits per heavy atom. The van der Waals surface area contributed by atoms with Crippen molar-refractivity contribution in [1.82, 2.24) is 15.0 Å². The molecule has 4 rings (SSSR count).